The zero-order valence-corrected chi connectivity index (χ0v) is 20.8. The van der Waals surface area contributed by atoms with Gasteiger partial charge in [-0.25, -0.2) is 4.79 Å². The molecule has 3 rings (SSSR count). The number of ether oxygens (including phenoxy) is 1. The van der Waals surface area contributed by atoms with Crippen molar-refractivity contribution < 1.29 is 32.3 Å². The van der Waals surface area contributed by atoms with Crippen LogP contribution in [0.4, 0.5) is 18.9 Å². The number of hydrogen-bond acceptors (Lipinski definition) is 5. The van der Waals surface area contributed by atoms with E-state index in [9.17, 15) is 32.8 Å². The van der Waals surface area contributed by atoms with Gasteiger partial charge in [-0.05, 0) is 56.2 Å². The second-order valence-electron chi connectivity index (χ2n) is 8.70. The molecule has 1 heterocycles. The second-order valence-corrected chi connectivity index (χ2v) is 8.70. The first-order chi connectivity index (χ1) is 17.5. The zero-order valence-electron chi connectivity index (χ0n) is 20.8. The predicted molar refractivity (Wildman–Crippen MR) is 130 cm³/mol. The first kappa shape index (κ1) is 27.7. The number of Topliss-reactive ketones (excluding diaryl/α,β-unsaturated/α-hetero) is 1. The largest absolute Gasteiger partial charge is 0.463 e. The van der Waals surface area contributed by atoms with Gasteiger partial charge in [0, 0.05) is 23.7 Å². The molecular weight excluding hydrogens is 485 g/mol. The number of carbonyl (C=O) groups is 3. The van der Waals surface area contributed by atoms with Gasteiger partial charge in [0.2, 0.25) is 5.91 Å². The third kappa shape index (κ3) is 5.74. The van der Waals surface area contributed by atoms with Crippen molar-refractivity contribution in [1.29, 1.82) is 5.26 Å². The second kappa shape index (κ2) is 11.4. The molecule has 2 aromatic rings. The van der Waals surface area contributed by atoms with E-state index in [2.05, 4.69) is 0 Å². The molecule has 0 aromatic heterocycles. The maximum atomic E-state index is 13.9. The molecule has 0 bridgehead atoms. The number of nitrogens with zero attached hydrogens (tertiary/aromatic N) is 2. The molecule has 0 radical (unpaired) electrons. The summed E-state index contributed by atoms with van der Waals surface area (Å²) in [5, 5.41) is 9.18. The van der Waals surface area contributed by atoms with Crippen LogP contribution in [-0.4, -0.2) is 24.3 Å². The first-order valence-corrected chi connectivity index (χ1v) is 12.0. The van der Waals surface area contributed by atoms with Gasteiger partial charge >= 0.3 is 12.1 Å². The number of esters is 1. The number of amides is 1. The summed E-state index contributed by atoms with van der Waals surface area (Å²) in [7, 11) is 0. The highest BCUT2D eigenvalue weighted by atomic mass is 19.4. The summed E-state index contributed by atoms with van der Waals surface area (Å²) < 4.78 is 45.6. The van der Waals surface area contributed by atoms with Crippen molar-refractivity contribution in [1.82, 2.24) is 0 Å². The summed E-state index contributed by atoms with van der Waals surface area (Å²) in [6, 6.07) is 12.4. The van der Waals surface area contributed by atoms with Crippen LogP contribution in [0.1, 0.15) is 62.6 Å². The Morgan fingerprint density at radius 1 is 1.11 bits per heavy atom. The van der Waals surface area contributed by atoms with E-state index in [1.54, 1.807) is 19.1 Å². The van der Waals surface area contributed by atoms with Crippen molar-refractivity contribution in [2.45, 2.75) is 52.1 Å². The lowest BCUT2D eigenvalue weighted by atomic mass is 9.73. The lowest BCUT2D eigenvalue weighted by Crippen LogP contribution is -2.48. The number of hydrogen-bond donors (Lipinski definition) is 0. The molecule has 0 saturated heterocycles. The van der Waals surface area contributed by atoms with Crippen LogP contribution in [0.3, 0.4) is 0 Å². The highest BCUT2D eigenvalue weighted by Crippen LogP contribution is 2.44. The van der Waals surface area contributed by atoms with Crippen LogP contribution in [0.5, 0.6) is 0 Å². The average Bonchev–Trinajstić information content (AvgIpc) is 2.86. The molecule has 2 unspecified atom stereocenters. The number of ketones is 1. The quantitative estimate of drug-likeness (QED) is 0.324. The standard InChI is InChI=1S/C28H27F3N2O4/c1-4-6-10-22(34)25-24(19-13-11-18(16-32)12-14-19)23(27(36)37-5-2)17(3)33(26(25)35)21-9-7-8-20(15-21)28(29,30)31/h7-9,11-15,24-25H,4-6,10H2,1-3H3. The monoisotopic (exact) mass is 512 g/mol. The maximum absolute atomic E-state index is 13.9. The molecule has 9 heteroatoms. The Bertz CT molecular complexity index is 1260. The Morgan fingerprint density at radius 2 is 1.78 bits per heavy atom. The van der Waals surface area contributed by atoms with Gasteiger partial charge in [-0.2, -0.15) is 18.4 Å². The zero-order chi connectivity index (χ0) is 27.3. The molecule has 0 saturated carbocycles. The van der Waals surface area contributed by atoms with E-state index in [0.29, 0.717) is 24.0 Å². The number of alkyl halides is 3. The van der Waals surface area contributed by atoms with E-state index in [-0.39, 0.29) is 30.0 Å². The number of anilines is 1. The lowest BCUT2D eigenvalue weighted by Gasteiger charge is -2.39. The van der Waals surface area contributed by atoms with Gasteiger partial charge in [0.25, 0.3) is 0 Å². The number of halogens is 3. The number of unbranched alkanes of at least 4 members (excludes halogenated alkanes) is 1. The molecule has 0 spiro atoms. The van der Waals surface area contributed by atoms with Crippen LogP contribution >= 0.6 is 0 Å². The molecule has 2 atom stereocenters. The molecular formula is C28H27F3N2O4. The molecule has 2 aromatic carbocycles. The van der Waals surface area contributed by atoms with Gasteiger partial charge < -0.3 is 4.74 Å². The summed E-state index contributed by atoms with van der Waals surface area (Å²) in [6.45, 7) is 4.96. The van der Waals surface area contributed by atoms with E-state index in [1.165, 1.54) is 31.2 Å². The summed E-state index contributed by atoms with van der Waals surface area (Å²) in [5.74, 6) is -4.30. The van der Waals surface area contributed by atoms with Gasteiger partial charge in [0.15, 0.2) is 0 Å². The average molecular weight is 513 g/mol. The van der Waals surface area contributed by atoms with Gasteiger partial charge in [-0.3, -0.25) is 14.5 Å². The maximum Gasteiger partial charge on any atom is 0.416 e. The van der Waals surface area contributed by atoms with Crippen LogP contribution in [-0.2, 0) is 25.3 Å². The van der Waals surface area contributed by atoms with Crippen molar-refractivity contribution in [2.24, 2.45) is 5.92 Å². The normalized spacial score (nSPS) is 18.0. The van der Waals surface area contributed by atoms with Crippen LogP contribution in [0.2, 0.25) is 0 Å². The Hall–Kier alpha value is -3.93. The highest BCUT2D eigenvalue weighted by Gasteiger charge is 2.48. The topological polar surface area (TPSA) is 87.5 Å². The van der Waals surface area contributed by atoms with Crippen molar-refractivity contribution in [3.63, 3.8) is 0 Å². The molecule has 0 fully saturated rings. The van der Waals surface area contributed by atoms with Crippen LogP contribution in [0.15, 0.2) is 59.8 Å². The van der Waals surface area contributed by atoms with Crippen molar-refractivity contribution in [3.8, 4) is 6.07 Å². The van der Waals surface area contributed by atoms with E-state index >= 15 is 0 Å². The summed E-state index contributed by atoms with van der Waals surface area (Å²) in [5.41, 5.74) is -0.177. The van der Waals surface area contributed by atoms with Crippen molar-refractivity contribution in [3.05, 3.63) is 76.5 Å². The number of allylic oxidation sites excluding steroid dienone is 1. The predicted octanol–water partition coefficient (Wildman–Crippen LogP) is 5.92. The Balaban J connectivity index is 2.29. The van der Waals surface area contributed by atoms with Crippen LogP contribution in [0, 0.1) is 17.2 Å². The van der Waals surface area contributed by atoms with E-state index in [1.807, 2.05) is 13.0 Å². The minimum atomic E-state index is -4.65. The molecule has 1 aliphatic heterocycles. The molecule has 37 heavy (non-hydrogen) atoms. The highest BCUT2D eigenvalue weighted by molar-refractivity contribution is 6.15. The number of carbonyl (C=O) groups excluding carboxylic acids is 3. The van der Waals surface area contributed by atoms with E-state index in [0.717, 1.165) is 17.0 Å². The van der Waals surface area contributed by atoms with Crippen molar-refractivity contribution in [2.75, 3.05) is 11.5 Å². The number of nitriles is 1. The van der Waals surface area contributed by atoms with Gasteiger partial charge in [-0.1, -0.05) is 31.5 Å². The van der Waals surface area contributed by atoms with E-state index in [4.69, 9.17) is 4.74 Å². The van der Waals surface area contributed by atoms with Crippen LogP contribution in [0.25, 0.3) is 0 Å². The summed E-state index contributed by atoms with van der Waals surface area (Å²) >= 11 is 0. The molecule has 0 aliphatic carbocycles. The Morgan fingerprint density at radius 3 is 2.35 bits per heavy atom. The SMILES string of the molecule is CCCCC(=O)C1C(=O)N(c2cccc(C(F)(F)F)c2)C(C)=C(C(=O)OCC)C1c1ccc(C#N)cc1. The minimum absolute atomic E-state index is 0.0124. The molecule has 0 N–H and O–H groups in total. The Kier molecular flexibility index (Phi) is 8.53. The molecule has 194 valence electrons. The first-order valence-electron chi connectivity index (χ1n) is 12.0. The molecule has 1 amide bonds. The smallest absolute Gasteiger partial charge is 0.416 e. The third-order valence-corrected chi connectivity index (χ3v) is 6.31. The van der Waals surface area contributed by atoms with Crippen molar-refractivity contribution >= 4 is 23.3 Å². The van der Waals surface area contributed by atoms with E-state index < -0.39 is 41.2 Å². The van der Waals surface area contributed by atoms with Crippen LogP contribution < -0.4 is 4.90 Å². The molecule has 1 aliphatic rings. The fourth-order valence-corrected chi connectivity index (χ4v) is 4.54. The minimum Gasteiger partial charge on any atom is -0.463 e. The summed E-state index contributed by atoms with van der Waals surface area (Å²) in [6.07, 6.45) is -3.40. The van der Waals surface area contributed by atoms with Gasteiger partial charge in [0.05, 0.1) is 29.4 Å². The van der Waals surface area contributed by atoms with Gasteiger partial charge in [-0.15, -0.1) is 0 Å². The molecule has 6 nitrogen and oxygen atoms in total. The fourth-order valence-electron chi connectivity index (χ4n) is 4.54. The Labute approximate surface area is 213 Å². The third-order valence-electron chi connectivity index (χ3n) is 6.31. The van der Waals surface area contributed by atoms with Gasteiger partial charge in [0.1, 0.15) is 11.7 Å². The lowest BCUT2D eigenvalue weighted by molar-refractivity contribution is -0.140. The number of rotatable bonds is 8. The summed E-state index contributed by atoms with van der Waals surface area (Å²) in [4.78, 5) is 41.6. The fraction of sp³-hybridized carbons (Fsp3) is 0.357. The number of benzene rings is 2.